The van der Waals surface area contributed by atoms with E-state index in [2.05, 4.69) is 27.3 Å². The van der Waals surface area contributed by atoms with Crippen LogP contribution in [0.3, 0.4) is 0 Å². The first kappa shape index (κ1) is 12.6. The minimum Gasteiger partial charge on any atom is -0.368 e. The first-order valence-corrected chi connectivity index (χ1v) is 6.69. The smallest absolute Gasteiger partial charge is 0.249 e. The van der Waals surface area contributed by atoms with E-state index in [0.29, 0.717) is 13.2 Å². The molecule has 0 spiro atoms. The lowest BCUT2D eigenvalue weighted by Gasteiger charge is -2.10. The highest BCUT2D eigenvalue weighted by molar-refractivity contribution is 9.10. The molecule has 1 heterocycles. The van der Waals surface area contributed by atoms with Crippen molar-refractivity contribution < 1.29 is 9.53 Å². The van der Waals surface area contributed by atoms with Crippen molar-refractivity contribution in [2.75, 3.05) is 13.2 Å². The summed E-state index contributed by atoms with van der Waals surface area (Å²) >= 11 is 3.49. The molecule has 1 N–H and O–H groups in total. The summed E-state index contributed by atoms with van der Waals surface area (Å²) in [6.45, 7) is 1.36. The molecule has 0 radical (unpaired) electrons. The number of benzene rings is 1. The van der Waals surface area contributed by atoms with Gasteiger partial charge in [-0.25, -0.2) is 0 Å². The molecule has 2 rings (SSSR count). The SMILES string of the molecule is O=C(NCCc1ccccc1Br)[C@@H]1CCCO1. The number of rotatable bonds is 4. The van der Waals surface area contributed by atoms with Crippen LogP contribution in [0, 0.1) is 0 Å². The van der Waals surface area contributed by atoms with E-state index in [1.165, 1.54) is 5.56 Å². The van der Waals surface area contributed by atoms with Gasteiger partial charge in [-0.3, -0.25) is 4.79 Å². The fraction of sp³-hybridized carbons (Fsp3) is 0.462. The third-order valence-corrected chi connectivity index (χ3v) is 3.65. The highest BCUT2D eigenvalue weighted by Gasteiger charge is 2.22. The van der Waals surface area contributed by atoms with Gasteiger partial charge in [0, 0.05) is 17.6 Å². The zero-order valence-corrected chi connectivity index (χ0v) is 11.2. The summed E-state index contributed by atoms with van der Waals surface area (Å²) in [5, 5.41) is 2.92. The van der Waals surface area contributed by atoms with E-state index >= 15 is 0 Å². The minimum absolute atomic E-state index is 0.0227. The minimum atomic E-state index is -0.228. The van der Waals surface area contributed by atoms with Crippen molar-refractivity contribution >= 4 is 21.8 Å². The summed E-state index contributed by atoms with van der Waals surface area (Å²) in [4.78, 5) is 11.7. The molecular formula is C13H16BrNO2. The molecule has 1 aromatic rings. The number of halogens is 1. The predicted octanol–water partition coefficient (Wildman–Crippen LogP) is 2.29. The number of carbonyl (C=O) groups excluding carboxylic acids is 1. The number of hydrogen-bond donors (Lipinski definition) is 1. The lowest BCUT2D eigenvalue weighted by molar-refractivity contribution is -0.129. The molecule has 1 amide bonds. The number of hydrogen-bond acceptors (Lipinski definition) is 2. The Kier molecular flexibility index (Phi) is 4.57. The van der Waals surface area contributed by atoms with Gasteiger partial charge < -0.3 is 10.1 Å². The van der Waals surface area contributed by atoms with E-state index < -0.39 is 0 Å². The maximum absolute atomic E-state index is 11.7. The summed E-state index contributed by atoms with van der Waals surface area (Å²) in [6, 6.07) is 8.06. The standard InChI is InChI=1S/C13H16BrNO2/c14-11-5-2-1-4-10(11)7-8-15-13(16)12-6-3-9-17-12/h1-2,4-5,12H,3,6-9H2,(H,15,16)/t12-/m0/s1. The van der Waals surface area contributed by atoms with Gasteiger partial charge in [0.05, 0.1) is 0 Å². The van der Waals surface area contributed by atoms with Gasteiger partial charge in [-0.15, -0.1) is 0 Å². The Morgan fingerprint density at radius 2 is 2.29 bits per heavy atom. The van der Waals surface area contributed by atoms with Crippen LogP contribution < -0.4 is 5.32 Å². The lowest BCUT2D eigenvalue weighted by Crippen LogP contribution is -2.35. The van der Waals surface area contributed by atoms with Crippen LogP contribution in [0.25, 0.3) is 0 Å². The Bertz CT molecular complexity index is 389. The van der Waals surface area contributed by atoms with Crippen molar-refractivity contribution in [3.63, 3.8) is 0 Å². The molecular weight excluding hydrogens is 282 g/mol. The monoisotopic (exact) mass is 297 g/mol. The van der Waals surface area contributed by atoms with Gasteiger partial charge in [0.25, 0.3) is 0 Å². The normalized spacial score (nSPS) is 19.2. The highest BCUT2D eigenvalue weighted by atomic mass is 79.9. The zero-order chi connectivity index (χ0) is 12.1. The van der Waals surface area contributed by atoms with Crippen LogP contribution in [0.5, 0.6) is 0 Å². The maximum atomic E-state index is 11.7. The quantitative estimate of drug-likeness (QED) is 0.926. The molecule has 92 valence electrons. The Morgan fingerprint density at radius 3 is 3.00 bits per heavy atom. The third-order valence-electron chi connectivity index (χ3n) is 2.87. The predicted molar refractivity (Wildman–Crippen MR) is 69.8 cm³/mol. The fourth-order valence-corrected chi connectivity index (χ4v) is 2.40. The second-order valence-electron chi connectivity index (χ2n) is 4.13. The van der Waals surface area contributed by atoms with E-state index in [9.17, 15) is 4.79 Å². The van der Waals surface area contributed by atoms with Crippen LogP contribution in [0.4, 0.5) is 0 Å². The Hall–Kier alpha value is -0.870. The molecule has 3 nitrogen and oxygen atoms in total. The number of amides is 1. The van der Waals surface area contributed by atoms with E-state index in [0.717, 1.165) is 23.7 Å². The van der Waals surface area contributed by atoms with Gasteiger partial charge in [-0.1, -0.05) is 34.1 Å². The van der Waals surface area contributed by atoms with E-state index in [4.69, 9.17) is 4.74 Å². The number of nitrogens with one attached hydrogen (secondary N) is 1. The van der Waals surface area contributed by atoms with E-state index in [-0.39, 0.29) is 12.0 Å². The molecule has 4 heteroatoms. The van der Waals surface area contributed by atoms with Gasteiger partial charge in [0.1, 0.15) is 6.10 Å². The number of carbonyl (C=O) groups is 1. The highest BCUT2D eigenvalue weighted by Crippen LogP contribution is 2.16. The zero-order valence-electron chi connectivity index (χ0n) is 9.62. The van der Waals surface area contributed by atoms with E-state index in [1.54, 1.807) is 0 Å². The second-order valence-corrected chi connectivity index (χ2v) is 4.99. The molecule has 0 saturated carbocycles. The second kappa shape index (κ2) is 6.17. The summed E-state index contributed by atoms with van der Waals surface area (Å²) in [6.07, 6.45) is 2.44. The van der Waals surface area contributed by atoms with Crippen LogP contribution in [0.1, 0.15) is 18.4 Å². The summed E-state index contributed by atoms with van der Waals surface area (Å²) in [7, 11) is 0. The Balaban J connectivity index is 1.76. The van der Waals surface area contributed by atoms with Gasteiger partial charge in [0.15, 0.2) is 0 Å². The Labute approximate surface area is 110 Å². The summed E-state index contributed by atoms with van der Waals surface area (Å²) in [5.41, 5.74) is 1.21. The molecule has 1 aromatic carbocycles. The first-order chi connectivity index (χ1) is 8.27. The van der Waals surface area contributed by atoms with Crippen molar-refractivity contribution in [2.24, 2.45) is 0 Å². The molecule has 0 bridgehead atoms. The molecule has 0 aliphatic carbocycles. The van der Waals surface area contributed by atoms with E-state index in [1.807, 2.05) is 18.2 Å². The average Bonchev–Trinajstić information content (AvgIpc) is 2.85. The van der Waals surface area contributed by atoms with Crippen molar-refractivity contribution in [1.29, 1.82) is 0 Å². The first-order valence-electron chi connectivity index (χ1n) is 5.90. The van der Waals surface area contributed by atoms with Crippen LogP contribution >= 0.6 is 15.9 Å². The van der Waals surface area contributed by atoms with Crippen molar-refractivity contribution in [1.82, 2.24) is 5.32 Å². The number of ether oxygens (including phenoxy) is 1. The molecule has 1 aliphatic heterocycles. The van der Waals surface area contributed by atoms with Crippen LogP contribution in [-0.2, 0) is 16.0 Å². The Morgan fingerprint density at radius 1 is 1.47 bits per heavy atom. The molecule has 1 aliphatic rings. The van der Waals surface area contributed by atoms with Crippen molar-refractivity contribution in [3.8, 4) is 0 Å². The van der Waals surface area contributed by atoms with Crippen molar-refractivity contribution in [3.05, 3.63) is 34.3 Å². The third kappa shape index (κ3) is 3.54. The maximum Gasteiger partial charge on any atom is 0.249 e. The molecule has 0 unspecified atom stereocenters. The van der Waals surface area contributed by atoms with Gasteiger partial charge >= 0.3 is 0 Å². The average molecular weight is 298 g/mol. The fourth-order valence-electron chi connectivity index (χ4n) is 1.92. The van der Waals surface area contributed by atoms with Gasteiger partial charge in [-0.05, 0) is 30.9 Å². The lowest BCUT2D eigenvalue weighted by atomic mass is 10.1. The molecule has 1 fully saturated rings. The molecule has 0 aromatic heterocycles. The van der Waals surface area contributed by atoms with Crippen LogP contribution in [-0.4, -0.2) is 25.2 Å². The largest absolute Gasteiger partial charge is 0.368 e. The molecule has 1 saturated heterocycles. The van der Waals surface area contributed by atoms with Crippen LogP contribution in [0.2, 0.25) is 0 Å². The van der Waals surface area contributed by atoms with Crippen LogP contribution in [0.15, 0.2) is 28.7 Å². The topological polar surface area (TPSA) is 38.3 Å². The summed E-state index contributed by atoms with van der Waals surface area (Å²) in [5.74, 6) is 0.0227. The van der Waals surface area contributed by atoms with Gasteiger partial charge in [-0.2, -0.15) is 0 Å². The van der Waals surface area contributed by atoms with Gasteiger partial charge in [0.2, 0.25) is 5.91 Å². The molecule has 17 heavy (non-hydrogen) atoms. The summed E-state index contributed by atoms with van der Waals surface area (Å²) < 4.78 is 6.41. The van der Waals surface area contributed by atoms with Crippen molar-refractivity contribution in [2.45, 2.75) is 25.4 Å². The molecule has 1 atom stereocenters.